The lowest BCUT2D eigenvalue weighted by molar-refractivity contribution is 0.127. The van der Waals surface area contributed by atoms with Gasteiger partial charge < -0.3 is 5.73 Å². The van der Waals surface area contributed by atoms with Crippen LogP contribution < -0.4 is 5.73 Å². The molecule has 1 aliphatic rings. The maximum absolute atomic E-state index is 6.13. The summed E-state index contributed by atoms with van der Waals surface area (Å²) in [6.45, 7) is 7.88. The first-order valence-corrected chi connectivity index (χ1v) is 8.17. The van der Waals surface area contributed by atoms with Gasteiger partial charge in [0.15, 0.2) is 0 Å². The number of nitrogens with zero attached hydrogens (tertiary/aromatic N) is 1. The van der Waals surface area contributed by atoms with E-state index >= 15 is 0 Å². The smallest absolute Gasteiger partial charge is 0.0306 e. The second-order valence-corrected chi connectivity index (χ2v) is 6.58. The Hall–Kier alpha value is -0.860. The Morgan fingerprint density at radius 2 is 2.05 bits per heavy atom. The van der Waals surface area contributed by atoms with E-state index in [0.29, 0.717) is 0 Å². The van der Waals surface area contributed by atoms with E-state index in [4.69, 9.17) is 5.73 Å². The fourth-order valence-corrected chi connectivity index (χ4v) is 3.41. The lowest BCUT2D eigenvalue weighted by atomic mass is 9.91. The van der Waals surface area contributed by atoms with Gasteiger partial charge in [-0.3, -0.25) is 4.90 Å². The average Bonchev–Trinajstić information content (AvgIpc) is 2.96. The van der Waals surface area contributed by atoms with Gasteiger partial charge in [0, 0.05) is 18.6 Å². The zero-order valence-corrected chi connectivity index (χ0v) is 13.1. The van der Waals surface area contributed by atoms with Crippen LogP contribution in [0.5, 0.6) is 0 Å². The van der Waals surface area contributed by atoms with Crippen LogP contribution in [0.15, 0.2) is 30.3 Å². The van der Waals surface area contributed by atoms with E-state index in [1.54, 1.807) is 0 Å². The van der Waals surface area contributed by atoms with Gasteiger partial charge >= 0.3 is 0 Å². The molecule has 1 aromatic rings. The Balaban J connectivity index is 1.92. The predicted molar refractivity (Wildman–Crippen MR) is 86.8 cm³/mol. The van der Waals surface area contributed by atoms with E-state index in [1.165, 1.54) is 37.9 Å². The van der Waals surface area contributed by atoms with Crippen LogP contribution in [0.1, 0.15) is 45.1 Å². The molecule has 0 aliphatic carbocycles. The van der Waals surface area contributed by atoms with E-state index < -0.39 is 0 Å². The van der Waals surface area contributed by atoms with Gasteiger partial charge in [-0.25, -0.2) is 0 Å². The predicted octanol–water partition coefficient (Wildman–Crippen LogP) is 3.46. The summed E-state index contributed by atoms with van der Waals surface area (Å²) in [5.41, 5.74) is 7.72. The summed E-state index contributed by atoms with van der Waals surface area (Å²) in [4.78, 5) is 2.65. The Morgan fingerprint density at radius 3 is 2.70 bits per heavy atom. The minimum Gasteiger partial charge on any atom is -0.329 e. The molecule has 1 aliphatic heterocycles. The van der Waals surface area contributed by atoms with Crippen LogP contribution >= 0.6 is 0 Å². The largest absolute Gasteiger partial charge is 0.329 e. The molecule has 2 nitrogen and oxygen atoms in total. The van der Waals surface area contributed by atoms with Gasteiger partial charge in [-0.05, 0) is 50.6 Å². The number of nitrogens with two attached hydrogens (primary N) is 1. The summed E-state index contributed by atoms with van der Waals surface area (Å²) in [7, 11) is 0. The molecule has 0 radical (unpaired) electrons. The van der Waals surface area contributed by atoms with E-state index in [1.807, 2.05) is 0 Å². The van der Waals surface area contributed by atoms with Crippen LogP contribution in [0.4, 0.5) is 0 Å². The van der Waals surface area contributed by atoms with Crippen LogP contribution in [-0.4, -0.2) is 30.1 Å². The molecule has 2 rings (SSSR count). The molecule has 1 aromatic carbocycles. The van der Waals surface area contributed by atoms with Crippen LogP contribution in [0.2, 0.25) is 0 Å². The maximum atomic E-state index is 6.13. The lowest BCUT2D eigenvalue weighted by Crippen LogP contribution is -2.50. The average molecular weight is 274 g/mol. The molecular formula is C18H30N2. The van der Waals surface area contributed by atoms with Crippen molar-refractivity contribution in [2.75, 3.05) is 19.6 Å². The van der Waals surface area contributed by atoms with Crippen LogP contribution in [0, 0.1) is 5.92 Å². The van der Waals surface area contributed by atoms with Crippen molar-refractivity contribution in [3.05, 3.63) is 35.9 Å². The third-order valence-electron chi connectivity index (χ3n) is 4.98. The molecule has 1 heterocycles. The number of rotatable bonds is 7. The number of hydrogen-bond acceptors (Lipinski definition) is 2. The van der Waals surface area contributed by atoms with Crippen molar-refractivity contribution in [2.24, 2.45) is 11.7 Å². The standard InChI is InChI=1S/C18H30N2/c1-3-7-17-11-13-20(14-17)18(2,15-19)12-10-16-8-5-4-6-9-16/h4-6,8-9,17H,3,7,10-15,19H2,1-2H3. The van der Waals surface area contributed by atoms with Crippen molar-refractivity contribution in [2.45, 2.75) is 51.5 Å². The van der Waals surface area contributed by atoms with Gasteiger partial charge in [0.2, 0.25) is 0 Å². The fraction of sp³-hybridized carbons (Fsp3) is 0.667. The molecule has 2 heteroatoms. The Labute approximate surface area is 124 Å². The molecule has 0 saturated carbocycles. The normalized spacial score (nSPS) is 22.9. The highest BCUT2D eigenvalue weighted by molar-refractivity contribution is 5.15. The summed E-state index contributed by atoms with van der Waals surface area (Å²) < 4.78 is 0. The molecule has 2 atom stereocenters. The molecule has 0 bridgehead atoms. The lowest BCUT2D eigenvalue weighted by Gasteiger charge is -2.38. The number of likely N-dealkylation sites (tertiary alicyclic amines) is 1. The van der Waals surface area contributed by atoms with E-state index in [9.17, 15) is 0 Å². The second-order valence-electron chi connectivity index (χ2n) is 6.58. The van der Waals surface area contributed by atoms with Crippen molar-refractivity contribution in [1.29, 1.82) is 0 Å². The Kier molecular flexibility index (Phi) is 5.62. The van der Waals surface area contributed by atoms with Crippen LogP contribution in [-0.2, 0) is 6.42 Å². The first-order chi connectivity index (χ1) is 9.68. The number of aryl methyl sites for hydroxylation is 1. The van der Waals surface area contributed by atoms with Gasteiger partial charge in [0.1, 0.15) is 0 Å². The summed E-state index contributed by atoms with van der Waals surface area (Å²) in [6, 6.07) is 10.8. The highest BCUT2D eigenvalue weighted by atomic mass is 15.2. The third kappa shape index (κ3) is 3.83. The molecule has 1 saturated heterocycles. The van der Waals surface area contributed by atoms with Crippen molar-refractivity contribution in [3.8, 4) is 0 Å². The first-order valence-electron chi connectivity index (χ1n) is 8.17. The van der Waals surface area contributed by atoms with Gasteiger partial charge in [-0.15, -0.1) is 0 Å². The van der Waals surface area contributed by atoms with Crippen LogP contribution in [0.25, 0.3) is 0 Å². The second kappa shape index (κ2) is 7.24. The Morgan fingerprint density at radius 1 is 1.30 bits per heavy atom. The molecule has 2 N–H and O–H groups in total. The SMILES string of the molecule is CCCC1CCN(C(C)(CN)CCc2ccccc2)C1. The number of benzene rings is 1. The summed E-state index contributed by atoms with van der Waals surface area (Å²) in [6.07, 6.45) is 6.32. The van der Waals surface area contributed by atoms with Gasteiger partial charge in [-0.2, -0.15) is 0 Å². The first kappa shape index (κ1) is 15.5. The molecule has 0 aromatic heterocycles. The maximum Gasteiger partial charge on any atom is 0.0306 e. The summed E-state index contributed by atoms with van der Waals surface area (Å²) in [5.74, 6) is 0.891. The molecule has 112 valence electrons. The van der Waals surface area contributed by atoms with Crippen molar-refractivity contribution in [3.63, 3.8) is 0 Å². The zero-order chi connectivity index (χ0) is 14.4. The monoisotopic (exact) mass is 274 g/mol. The summed E-state index contributed by atoms with van der Waals surface area (Å²) in [5, 5.41) is 0. The molecule has 20 heavy (non-hydrogen) atoms. The molecule has 0 amide bonds. The van der Waals surface area contributed by atoms with Gasteiger partial charge in [-0.1, -0.05) is 43.7 Å². The van der Waals surface area contributed by atoms with Crippen molar-refractivity contribution in [1.82, 2.24) is 4.90 Å². The zero-order valence-electron chi connectivity index (χ0n) is 13.1. The topological polar surface area (TPSA) is 29.3 Å². The minimum absolute atomic E-state index is 0.165. The number of hydrogen-bond donors (Lipinski definition) is 1. The highest BCUT2D eigenvalue weighted by Crippen LogP contribution is 2.30. The van der Waals surface area contributed by atoms with Gasteiger partial charge in [0.25, 0.3) is 0 Å². The van der Waals surface area contributed by atoms with E-state index in [0.717, 1.165) is 25.3 Å². The molecule has 0 spiro atoms. The molecule has 2 unspecified atom stereocenters. The van der Waals surface area contributed by atoms with Crippen molar-refractivity contribution >= 4 is 0 Å². The summed E-state index contributed by atoms with van der Waals surface area (Å²) >= 11 is 0. The van der Waals surface area contributed by atoms with Crippen molar-refractivity contribution < 1.29 is 0 Å². The minimum atomic E-state index is 0.165. The highest BCUT2D eigenvalue weighted by Gasteiger charge is 2.35. The fourth-order valence-electron chi connectivity index (χ4n) is 3.41. The third-order valence-corrected chi connectivity index (χ3v) is 4.98. The van der Waals surface area contributed by atoms with Gasteiger partial charge in [0.05, 0.1) is 0 Å². The van der Waals surface area contributed by atoms with E-state index in [-0.39, 0.29) is 5.54 Å². The molecule has 1 fully saturated rings. The van der Waals surface area contributed by atoms with Crippen LogP contribution in [0.3, 0.4) is 0 Å². The Bertz CT molecular complexity index is 390. The van der Waals surface area contributed by atoms with E-state index in [2.05, 4.69) is 49.1 Å². The quantitative estimate of drug-likeness (QED) is 0.825. The molecular weight excluding hydrogens is 244 g/mol.